The zero-order valence-corrected chi connectivity index (χ0v) is 9.60. The Hall–Kier alpha value is -0.550. The van der Waals surface area contributed by atoms with E-state index in [1.54, 1.807) is 0 Å². The van der Waals surface area contributed by atoms with Gasteiger partial charge in [0.25, 0.3) is 0 Å². The highest BCUT2D eigenvalue weighted by molar-refractivity contribution is 7.96. The van der Waals surface area contributed by atoms with E-state index in [4.69, 9.17) is 16.6 Å². The van der Waals surface area contributed by atoms with E-state index in [2.05, 4.69) is 13.0 Å². The lowest BCUT2D eigenvalue weighted by atomic mass is 10.1. The Bertz CT molecular complexity index is 264. The molecule has 80 valence electrons. The van der Waals surface area contributed by atoms with E-state index in [0.29, 0.717) is 13.1 Å². The Morgan fingerprint density at radius 2 is 1.79 bits per heavy atom. The predicted octanol–water partition coefficient (Wildman–Crippen LogP) is 1.14. The van der Waals surface area contributed by atoms with Gasteiger partial charge in [0, 0.05) is 13.1 Å². The molecule has 0 heterocycles. The Morgan fingerprint density at radius 3 is 2.14 bits per heavy atom. The maximum absolute atomic E-state index is 5.51. The third kappa shape index (κ3) is 4.62. The molecule has 0 amide bonds. The lowest BCUT2D eigenvalue weighted by molar-refractivity contribution is 1.02. The first-order valence-corrected chi connectivity index (χ1v) is 5.69. The van der Waals surface area contributed by atoms with Gasteiger partial charge in [-0.1, -0.05) is 30.1 Å². The van der Waals surface area contributed by atoms with Gasteiger partial charge >= 0.3 is 0 Å². The topological polar surface area (TPSA) is 78.1 Å². The van der Waals surface area contributed by atoms with Gasteiger partial charge in [0.1, 0.15) is 0 Å². The molecule has 0 saturated heterocycles. The molecule has 0 saturated carbocycles. The number of hydrogen-bond donors (Lipinski definition) is 3. The van der Waals surface area contributed by atoms with Gasteiger partial charge < -0.3 is 11.5 Å². The summed E-state index contributed by atoms with van der Waals surface area (Å²) in [5.74, 6) is 0. The van der Waals surface area contributed by atoms with Crippen LogP contribution in [0.3, 0.4) is 0 Å². The highest BCUT2D eigenvalue weighted by atomic mass is 32.2. The maximum atomic E-state index is 5.51. The molecule has 0 unspecified atom stereocenters. The molecule has 1 aromatic rings. The molecule has 0 bridgehead atoms. The van der Waals surface area contributed by atoms with Crippen molar-refractivity contribution in [2.75, 3.05) is 6.26 Å². The molecule has 0 aliphatic carbocycles. The van der Waals surface area contributed by atoms with Crippen LogP contribution in [0, 0.1) is 6.92 Å². The van der Waals surface area contributed by atoms with Gasteiger partial charge in [0.05, 0.1) is 0 Å². The number of aryl methyl sites for hydroxylation is 1. The Balaban J connectivity index is 0.000000500. The quantitative estimate of drug-likeness (QED) is 0.644. The van der Waals surface area contributed by atoms with Crippen molar-refractivity contribution in [3.8, 4) is 0 Å². The standard InChI is InChI=1S/C9H14N2.CH5NS/c1-7-4-8(5-10)2-3-9(7)6-11;1-3-2/h2-4H,5-6,10-11H2,1H3;2H2,1H3. The van der Waals surface area contributed by atoms with Gasteiger partial charge in [0.15, 0.2) is 0 Å². The van der Waals surface area contributed by atoms with Gasteiger partial charge in [0.2, 0.25) is 0 Å². The van der Waals surface area contributed by atoms with Crippen molar-refractivity contribution in [3.63, 3.8) is 0 Å². The second-order valence-electron chi connectivity index (χ2n) is 2.90. The zero-order valence-electron chi connectivity index (χ0n) is 8.79. The first-order valence-electron chi connectivity index (χ1n) is 4.41. The van der Waals surface area contributed by atoms with Crippen molar-refractivity contribution in [2.45, 2.75) is 20.0 Å². The minimum atomic E-state index is 0.603. The summed E-state index contributed by atoms with van der Waals surface area (Å²) < 4.78 is 0. The third-order valence-electron chi connectivity index (χ3n) is 1.86. The molecule has 1 aromatic carbocycles. The van der Waals surface area contributed by atoms with Crippen molar-refractivity contribution in [1.29, 1.82) is 0 Å². The fourth-order valence-electron chi connectivity index (χ4n) is 1.11. The van der Waals surface area contributed by atoms with Crippen LogP contribution in [0.5, 0.6) is 0 Å². The van der Waals surface area contributed by atoms with Crippen molar-refractivity contribution in [2.24, 2.45) is 16.6 Å². The number of nitrogens with two attached hydrogens (primary N) is 3. The molecule has 4 heteroatoms. The van der Waals surface area contributed by atoms with Gasteiger partial charge in [-0.15, -0.1) is 0 Å². The first-order chi connectivity index (χ1) is 6.69. The molecule has 0 spiro atoms. The van der Waals surface area contributed by atoms with Gasteiger partial charge in [-0.3, -0.25) is 5.14 Å². The predicted molar refractivity (Wildman–Crippen MR) is 64.7 cm³/mol. The van der Waals surface area contributed by atoms with Crippen molar-refractivity contribution < 1.29 is 0 Å². The summed E-state index contributed by atoms with van der Waals surface area (Å²) in [6.07, 6.45) is 1.82. The first kappa shape index (κ1) is 13.4. The third-order valence-corrected chi connectivity index (χ3v) is 1.86. The smallest absolute Gasteiger partial charge is 0.0180 e. The van der Waals surface area contributed by atoms with Crippen LogP contribution in [0.25, 0.3) is 0 Å². The molecule has 0 aliphatic rings. The monoisotopic (exact) mass is 213 g/mol. The summed E-state index contributed by atoms with van der Waals surface area (Å²) in [7, 11) is 0. The number of hydrogen-bond acceptors (Lipinski definition) is 4. The maximum Gasteiger partial charge on any atom is 0.0180 e. The molecule has 6 N–H and O–H groups in total. The summed E-state index contributed by atoms with van der Waals surface area (Å²) in [6, 6.07) is 6.15. The van der Waals surface area contributed by atoms with Crippen LogP contribution in [-0.4, -0.2) is 6.26 Å². The van der Waals surface area contributed by atoms with E-state index >= 15 is 0 Å². The van der Waals surface area contributed by atoms with E-state index in [1.165, 1.54) is 28.6 Å². The van der Waals surface area contributed by atoms with Crippen LogP contribution >= 0.6 is 11.9 Å². The summed E-state index contributed by atoms with van der Waals surface area (Å²) >= 11 is 1.25. The zero-order chi connectivity index (χ0) is 11.0. The van der Waals surface area contributed by atoms with Crippen molar-refractivity contribution >= 4 is 11.9 Å². The summed E-state index contributed by atoms with van der Waals surface area (Å²) in [5.41, 5.74) is 14.6. The number of benzene rings is 1. The molecule has 3 nitrogen and oxygen atoms in total. The summed E-state index contributed by atoms with van der Waals surface area (Å²) in [5, 5.41) is 4.76. The molecule has 0 aliphatic heterocycles. The average Bonchev–Trinajstić information content (AvgIpc) is 2.19. The van der Waals surface area contributed by atoms with Gasteiger partial charge in [-0.2, -0.15) is 0 Å². The summed E-state index contributed by atoms with van der Waals surface area (Å²) in [6.45, 7) is 3.27. The van der Waals surface area contributed by atoms with E-state index in [9.17, 15) is 0 Å². The van der Waals surface area contributed by atoms with Crippen LogP contribution in [0.1, 0.15) is 16.7 Å². The van der Waals surface area contributed by atoms with E-state index in [1.807, 2.05) is 18.4 Å². The molecule has 0 fully saturated rings. The molecular weight excluding hydrogens is 194 g/mol. The molecule has 1 rings (SSSR count). The van der Waals surface area contributed by atoms with Crippen LogP contribution < -0.4 is 16.6 Å². The molecular formula is C10H19N3S. The van der Waals surface area contributed by atoms with Crippen molar-refractivity contribution in [3.05, 3.63) is 34.9 Å². The fraction of sp³-hybridized carbons (Fsp3) is 0.400. The van der Waals surface area contributed by atoms with Gasteiger partial charge in [-0.05, 0) is 29.9 Å². The SMILES string of the molecule is CSN.Cc1cc(CN)ccc1CN. The lowest BCUT2D eigenvalue weighted by Gasteiger charge is -2.04. The highest BCUT2D eigenvalue weighted by Gasteiger charge is 1.95. The minimum Gasteiger partial charge on any atom is -0.326 e. The Labute approximate surface area is 90.2 Å². The van der Waals surface area contributed by atoms with Crippen LogP contribution in [-0.2, 0) is 13.1 Å². The van der Waals surface area contributed by atoms with Crippen LogP contribution in [0.4, 0.5) is 0 Å². The van der Waals surface area contributed by atoms with Crippen LogP contribution in [0.15, 0.2) is 18.2 Å². The van der Waals surface area contributed by atoms with Gasteiger partial charge in [-0.25, -0.2) is 0 Å². The second kappa shape index (κ2) is 7.82. The largest absolute Gasteiger partial charge is 0.326 e. The Morgan fingerprint density at radius 1 is 1.21 bits per heavy atom. The second-order valence-corrected chi connectivity index (χ2v) is 3.38. The molecule has 0 aromatic heterocycles. The molecule has 14 heavy (non-hydrogen) atoms. The molecule has 0 atom stereocenters. The Kier molecular flexibility index (Phi) is 7.51. The number of rotatable bonds is 2. The van der Waals surface area contributed by atoms with Crippen molar-refractivity contribution in [1.82, 2.24) is 0 Å². The van der Waals surface area contributed by atoms with Crippen LogP contribution in [0.2, 0.25) is 0 Å². The average molecular weight is 213 g/mol. The molecule has 0 radical (unpaired) electrons. The normalized spacial score (nSPS) is 9.21. The van der Waals surface area contributed by atoms with E-state index in [0.717, 1.165) is 0 Å². The van der Waals surface area contributed by atoms with E-state index < -0.39 is 0 Å². The lowest BCUT2D eigenvalue weighted by Crippen LogP contribution is -2.01. The summed E-state index contributed by atoms with van der Waals surface area (Å²) in [4.78, 5) is 0. The van der Waals surface area contributed by atoms with E-state index in [-0.39, 0.29) is 0 Å². The fourth-order valence-corrected chi connectivity index (χ4v) is 1.11. The minimum absolute atomic E-state index is 0.603. The highest BCUT2D eigenvalue weighted by Crippen LogP contribution is 2.09.